The molecule has 0 saturated carbocycles. The van der Waals surface area contributed by atoms with Gasteiger partial charge in [-0.25, -0.2) is 0 Å². The molecule has 5 heteroatoms. The number of methoxy groups -OCH3 is 1. The van der Waals surface area contributed by atoms with Crippen molar-refractivity contribution < 1.29 is 19.4 Å². The van der Waals surface area contributed by atoms with Crippen molar-refractivity contribution >= 4 is 5.71 Å². The molecule has 1 aromatic carbocycles. The Kier molecular flexibility index (Phi) is 6.74. The molecule has 0 amide bonds. The summed E-state index contributed by atoms with van der Waals surface area (Å²) in [5, 5.41) is 12.1. The van der Waals surface area contributed by atoms with Gasteiger partial charge in [0.1, 0.15) is 11.5 Å². The predicted molar refractivity (Wildman–Crippen MR) is 73.6 cm³/mol. The Balaban J connectivity index is 2.72. The van der Waals surface area contributed by atoms with Gasteiger partial charge in [0, 0.05) is 31.3 Å². The summed E-state index contributed by atoms with van der Waals surface area (Å²) in [7, 11) is 1.60. The van der Waals surface area contributed by atoms with E-state index in [1.807, 2.05) is 13.0 Å². The fourth-order valence-corrected chi connectivity index (χ4v) is 1.59. The Morgan fingerprint density at radius 1 is 1.32 bits per heavy atom. The fourth-order valence-electron chi connectivity index (χ4n) is 1.59. The van der Waals surface area contributed by atoms with Crippen molar-refractivity contribution in [2.75, 3.05) is 26.9 Å². The zero-order valence-electron chi connectivity index (χ0n) is 11.7. The van der Waals surface area contributed by atoms with E-state index in [0.29, 0.717) is 37.0 Å². The highest BCUT2D eigenvalue weighted by molar-refractivity contribution is 6.00. The first kappa shape index (κ1) is 15.3. The van der Waals surface area contributed by atoms with Crippen LogP contribution in [0, 0.1) is 0 Å². The van der Waals surface area contributed by atoms with Crippen molar-refractivity contribution in [2.24, 2.45) is 5.16 Å². The Morgan fingerprint density at radius 3 is 2.74 bits per heavy atom. The minimum absolute atomic E-state index is 0.502. The molecule has 0 aliphatic carbocycles. The molecule has 0 atom stereocenters. The van der Waals surface area contributed by atoms with E-state index in [9.17, 15) is 0 Å². The van der Waals surface area contributed by atoms with Gasteiger partial charge in [0.25, 0.3) is 0 Å². The zero-order chi connectivity index (χ0) is 14.1. The van der Waals surface area contributed by atoms with Gasteiger partial charge in [0.2, 0.25) is 0 Å². The van der Waals surface area contributed by atoms with E-state index in [4.69, 9.17) is 19.4 Å². The van der Waals surface area contributed by atoms with Crippen LogP contribution >= 0.6 is 0 Å². The second-order valence-electron chi connectivity index (χ2n) is 3.95. The van der Waals surface area contributed by atoms with Gasteiger partial charge in [-0.15, -0.1) is 0 Å². The Bertz CT molecular complexity index is 418. The summed E-state index contributed by atoms with van der Waals surface area (Å²) < 4.78 is 16.1. The highest BCUT2D eigenvalue weighted by Gasteiger charge is 2.09. The van der Waals surface area contributed by atoms with E-state index < -0.39 is 0 Å². The number of nitrogens with zero attached hydrogens (tertiary/aromatic N) is 1. The number of hydrogen-bond acceptors (Lipinski definition) is 5. The molecule has 1 aromatic rings. The van der Waals surface area contributed by atoms with Crippen molar-refractivity contribution in [3.63, 3.8) is 0 Å². The minimum atomic E-state index is 0.502. The Morgan fingerprint density at radius 2 is 2.11 bits per heavy atom. The molecule has 0 aromatic heterocycles. The van der Waals surface area contributed by atoms with E-state index in [1.54, 1.807) is 26.2 Å². The average molecular weight is 267 g/mol. The predicted octanol–water partition coefficient (Wildman–Crippen LogP) is 2.70. The lowest BCUT2D eigenvalue weighted by molar-refractivity contribution is 0.130. The van der Waals surface area contributed by atoms with Gasteiger partial charge in [-0.05, 0) is 26.0 Å². The molecule has 0 aliphatic rings. The van der Waals surface area contributed by atoms with Gasteiger partial charge in [-0.1, -0.05) is 5.16 Å². The van der Waals surface area contributed by atoms with Crippen LogP contribution in [0.4, 0.5) is 0 Å². The van der Waals surface area contributed by atoms with Gasteiger partial charge in [0.15, 0.2) is 0 Å². The summed E-state index contributed by atoms with van der Waals surface area (Å²) >= 11 is 0. The molecule has 0 heterocycles. The van der Waals surface area contributed by atoms with Crippen LogP contribution in [0.5, 0.6) is 11.5 Å². The highest BCUT2D eigenvalue weighted by atomic mass is 16.5. The van der Waals surface area contributed by atoms with Crippen LogP contribution in [0.3, 0.4) is 0 Å². The van der Waals surface area contributed by atoms with E-state index in [2.05, 4.69) is 5.16 Å². The summed E-state index contributed by atoms with van der Waals surface area (Å²) in [6.45, 7) is 5.60. The first-order valence-corrected chi connectivity index (χ1v) is 6.30. The van der Waals surface area contributed by atoms with Crippen molar-refractivity contribution in [1.82, 2.24) is 0 Å². The second-order valence-corrected chi connectivity index (χ2v) is 3.95. The summed E-state index contributed by atoms with van der Waals surface area (Å²) in [5.41, 5.74) is 1.25. The molecule has 0 fully saturated rings. The summed E-state index contributed by atoms with van der Waals surface area (Å²) in [5.74, 6) is 1.35. The van der Waals surface area contributed by atoms with Crippen LogP contribution in [0.15, 0.2) is 23.4 Å². The second kappa shape index (κ2) is 8.37. The van der Waals surface area contributed by atoms with Gasteiger partial charge >= 0.3 is 0 Å². The Labute approximate surface area is 113 Å². The van der Waals surface area contributed by atoms with Gasteiger partial charge in [-0.2, -0.15) is 0 Å². The molecular weight excluding hydrogens is 246 g/mol. The summed E-state index contributed by atoms with van der Waals surface area (Å²) in [6, 6.07) is 5.40. The third-order valence-corrected chi connectivity index (χ3v) is 2.62. The van der Waals surface area contributed by atoms with Crippen LogP contribution in [-0.4, -0.2) is 37.8 Å². The lowest BCUT2D eigenvalue weighted by Gasteiger charge is -2.12. The third kappa shape index (κ3) is 4.79. The van der Waals surface area contributed by atoms with Crippen molar-refractivity contribution in [1.29, 1.82) is 0 Å². The first-order chi connectivity index (χ1) is 9.22. The molecule has 0 radical (unpaired) electrons. The molecule has 106 valence electrons. The standard InChI is InChI=1S/C14H21NO4/c1-4-18-8-5-9-19-14-10-12(17-3)6-7-13(14)11(2)15-16/h6-7,10,16H,4-5,8-9H2,1-3H3/b15-11+. The van der Waals surface area contributed by atoms with Gasteiger partial charge < -0.3 is 19.4 Å². The Hall–Kier alpha value is -1.75. The first-order valence-electron chi connectivity index (χ1n) is 6.30. The maximum Gasteiger partial charge on any atom is 0.132 e. The molecule has 19 heavy (non-hydrogen) atoms. The monoisotopic (exact) mass is 267 g/mol. The third-order valence-electron chi connectivity index (χ3n) is 2.62. The van der Waals surface area contributed by atoms with Crippen LogP contribution in [-0.2, 0) is 4.74 Å². The largest absolute Gasteiger partial charge is 0.497 e. The quantitative estimate of drug-likeness (QED) is 0.340. The SMILES string of the molecule is CCOCCCOc1cc(OC)ccc1/C(C)=N/O. The number of benzene rings is 1. The minimum Gasteiger partial charge on any atom is -0.497 e. The van der Waals surface area contributed by atoms with Crippen LogP contribution < -0.4 is 9.47 Å². The van der Waals surface area contributed by atoms with Gasteiger partial charge in [-0.3, -0.25) is 0 Å². The topological polar surface area (TPSA) is 60.3 Å². The van der Waals surface area contributed by atoms with E-state index in [0.717, 1.165) is 12.0 Å². The highest BCUT2D eigenvalue weighted by Crippen LogP contribution is 2.25. The zero-order valence-corrected chi connectivity index (χ0v) is 11.7. The normalized spacial score (nSPS) is 11.4. The smallest absolute Gasteiger partial charge is 0.132 e. The molecule has 0 saturated heterocycles. The fraction of sp³-hybridized carbons (Fsp3) is 0.500. The molecule has 1 N–H and O–H groups in total. The van der Waals surface area contributed by atoms with Crippen LogP contribution in [0.1, 0.15) is 25.8 Å². The van der Waals surface area contributed by atoms with E-state index >= 15 is 0 Å². The van der Waals surface area contributed by atoms with Crippen molar-refractivity contribution in [2.45, 2.75) is 20.3 Å². The maximum atomic E-state index is 8.86. The van der Waals surface area contributed by atoms with E-state index in [1.165, 1.54) is 0 Å². The molecule has 0 bridgehead atoms. The van der Waals surface area contributed by atoms with Crippen molar-refractivity contribution in [3.8, 4) is 11.5 Å². The molecule has 0 spiro atoms. The lowest BCUT2D eigenvalue weighted by Crippen LogP contribution is -2.06. The maximum absolute atomic E-state index is 8.86. The summed E-state index contributed by atoms with van der Waals surface area (Å²) in [4.78, 5) is 0. The number of rotatable bonds is 8. The van der Waals surface area contributed by atoms with Crippen LogP contribution in [0.25, 0.3) is 0 Å². The van der Waals surface area contributed by atoms with Gasteiger partial charge in [0.05, 0.1) is 19.4 Å². The molecule has 5 nitrogen and oxygen atoms in total. The molecule has 1 rings (SSSR count). The number of hydrogen-bond donors (Lipinski definition) is 1. The molecule has 0 aliphatic heterocycles. The molecular formula is C14H21NO4. The lowest BCUT2D eigenvalue weighted by atomic mass is 10.1. The van der Waals surface area contributed by atoms with Crippen LogP contribution in [0.2, 0.25) is 0 Å². The molecule has 0 unspecified atom stereocenters. The summed E-state index contributed by atoms with van der Waals surface area (Å²) in [6.07, 6.45) is 0.805. The van der Waals surface area contributed by atoms with E-state index in [-0.39, 0.29) is 0 Å². The van der Waals surface area contributed by atoms with Crippen molar-refractivity contribution in [3.05, 3.63) is 23.8 Å². The number of ether oxygens (including phenoxy) is 3. The average Bonchev–Trinajstić information content (AvgIpc) is 2.46. The number of oxime groups is 1.